The molecule has 0 aliphatic heterocycles. The summed E-state index contributed by atoms with van der Waals surface area (Å²) in [5.41, 5.74) is 0.756. The van der Waals surface area contributed by atoms with Crippen molar-refractivity contribution < 1.29 is 14.3 Å². The van der Waals surface area contributed by atoms with Crippen LogP contribution in [-0.2, 0) is 6.54 Å². The molecule has 1 aliphatic carbocycles. The molecule has 0 saturated heterocycles. The smallest absolute Gasteiger partial charge is 0.372 e. The van der Waals surface area contributed by atoms with E-state index in [4.69, 9.17) is 9.52 Å². The van der Waals surface area contributed by atoms with Gasteiger partial charge in [-0.1, -0.05) is 0 Å². The van der Waals surface area contributed by atoms with Gasteiger partial charge in [-0.2, -0.15) is 0 Å². The van der Waals surface area contributed by atoms with E-state index in [0.29, 0.717) is 12.6 Å². The van der Waals surface area contributed by atoms with Gasteiger partial charge in [-0.3, -0.25) is 4.90 Å². The molecule has 2 rings (SSSR count). The molecule has 1 saturated carbocycles. The van der Waals surface area contributed by atoms with Gasteiger partial charge in [-0.25, -0.2) is 4.79 Å². The Morgan fingerprint density at radius 1 is 1.71 bits per heavy atom. The second kappa shape index (κ2) is 3.46. The maximum atomic E-state index is 10.7. The van der Waals surface area contributed by atoms with Gasteiger partial charge in [-0.05, 0) is 26.0 Å². The highest BCUT2D eigenvalue weighted by Gasteiger charge is 2.27. The average molecular weight is 195 g/mol. The maximum Gasteiger partial charge on any atom is 0.372 e. The van der Waals surface area contributed by atoms with Crippen molar-refractivity contribution in [1.29, 1.82) is 0 Å². The zero-order valence-corrected chi connectivity index (χ0v) is 8.06. The summed E-state index contributed by atoms with van der Waals surface area (Å²) in [5.74, 6) is -0.924. The van der Waals surface area contributed by atoms with Crippen LogP contribution in [0.2, 0.25) is 0 Å². The van der Waals surface area contributed by atoms with Crippen LogP contribution >= 0.6 is 0 Å². The number of furan rings is 1. The van der Waals surface area contributed by atoms with E-state index in [-0.39, 0.29) is 5.76 Å². The minimum absolute atomic E-state index is 0.0671. The maximum absolute atomic E-state index is 10.7. The lowest BCUT2D eigenvalue weighted by atomic mass is 10.2. The van der Waals surface area contributed by atoms with Crippen LogP contribution in [0.25, 0.3) is 0 Å². The number of carbonyl (C=O) groups is 1. The summed E-state index contributed by atoms with van der Waals surface area (Å²) >= 11 is 0. The monoisotopic (exact) mass is 195 g/mol. The quantitative estimate of drug-likeness (QED) is 0.792. The van der Waals surface area contributed by atoms with Crippen molar-refractivity contribution in [2.45, 2.75) is 25.4 Å². The van der Waals surface area contributed by atoms with E-state index in [1.807, 2.05) is 7.05 Å². The fourth-order valence-corrected chi connectivity index (χ4v) is 1.56. The van der Waals surface area contributed by atoms with Gasteiger partial charge in [-0.15, -0.1) is 0 Å². The van der Waals surface area contributed by atoms with Crippen molar-refractivity contribution in [2.24, 2.45) is 0 Å². The summed E-state index contributed by atoms with van der Waals surface area (Å²) < 4.78 is 4.90. The zero-order valence-electron chi connectivity index (χ0n) is 8.06. The van der Waals surface area contributed by atoms with Gasteiger partial charge in [0.1, 0.15) is 0 Å². The van der Waals surface area contributed by atoms with Crippen molar-refractivity contribution in [3.8, 4) is 0 Å². The molecule has 1 aliphatic rings. The Kier molecular flexibility index (Phi) is 2.29. The average Bonchev–Trinajstić information content (AvgIpc) is 2.87. The van der Waals surface area contributed by atoms with E-state index >= 15 is 0 Å². The minimum atomic E-state index is -0.991. The Morgan fingerprint density at radius 3 is 3.00 bits per heavy atom. The topological polar surface area (TPSA) is 53.7 Å². The van der Waals surface area contributed by atoms with Crippen LogP contribution in [0.3, 0.4) is 0 Å². The molecule has 14 heavy (non-hydrogen) atoms. The Morgan fingerprint density at radius 2 is 2.43 bits per heavy atom. The van der Waals surface area contributed by atoms with Crippen LogP contribution in [0, 0.1) is 0 Å². The van der Waals surface area contributed by atoms with E-state index < -0.39 is 5.97 Å². The number of rotatable bonds is 4. The first kappa shape index (κ1) is 9.27. The number of carboxylic acid groups (broad SMARTS) is 1. The fourth-order valence-electron chi connectivity index (χ4n) is 1.56. The molecule has 1 N–H and O–H groups in total. The number of aromatic carboxylic acids is 1. The molecule has 0 spiro atoms. The van der Waals surface area contributed by atoms with Crippen LogP contribution < -0.4 is 0 Å². The van der Waals surface area contributed by atoms with E-state index in [0.717, 1.165) is 5.56 Å². The highest BCUT2D eigenvalue weighted by Crippen LogP contribution is 2.27. The lowest BCUT2D eigenvalue weighted by Crippen LogP contribution is -2.20. The van der Waals surface area contributed by atoms with Crippen molar-refractivity contribution in [1.82, 2.24) is 4.90 Å². The lowest BCUT2D eigenvalue weighted by molar-refractivity contribution is 0.0659. The van der Waals surface area contributed by atoms with E-state index in [9.17, 15) is 4.79 Å². The number of hydrogen-bond donors (Lipinski definition) is 1. The largest absolute Gasteiger partial charge is 0.475 e. The van der Waals surface area contributed by atoms with Crippen LogP contribution in [0.4, 0.5) is 0 Å². The Labute approximate surface area is 82.1 Å². The van der Waals surface area contributed by atoms with Gasteiger partial charge in [0, 0.05) is 18.2 Å². The molecule has 1 heterocycles. The molecule has 0 unspecified atom stereocenters. The van der Waals surface area contributed by atoms with E-state index in [1.165, 1.54) is 19.1 Å². The molecule has 0 aromatic carbocycles. The SMILES string of the molecule is CN(Cc1ccoc1C(=O)O)C1CC1. The predicted molar refractivity (Wildman–Crippen MR) is 50.2 cm³/mol. The van der Waals surface area contributed by atoms with E-state index in [2.05, 4.69) is 4.90 Å². The summed E-state index contributed by atoms with van der Waals surface area (Å²) in [5, 5.41) is 8.81. The lowest BCUT2D eigenvalue weighted by Gasteiger charge is -2.14. The summed E-state index contributed by atoms with van der Waals surface area (Å²) in [7, 11) is 2.01. The minimum Gasteiger partial charge on any atom is -0.475 e. The molecule has 4 heteroatoms. The van der Waals surface area contributed by atoms with Gasteiger partial charge >= 0.3 is 5.97 Å². The zero-order chi connectivity index (χ0) is 10.1. The summed E-state index contributed by atoms with van der Waals surface area (Å²) in [6.07, 6.45) is 3.87. The molecule has 76 valence electrons. The standard InChI is InChI=1S/C10H13NO3/c1-11(8-2-3-8)6-7-4-5-14-9(7)10(12)13/h4-5,8H,2-3,6H2,1H3,(H,12,13). The van der Waals surface area contributed by atoms with Crippen molar-refractivity contribution >= 4 is 5.97 Å². The second-order valence-electron chi connectivity index (χ2n) is 3.73. The second-order valence-corrected chi connectivity index (χ2v) is 3.73. The Bertz CT molecular complexity index is 341. The molecule has 4 nitrogen and oxygen atoms in total. The van der Waals surface area contributed by atoms with Crippen LogP contribution in [0.5, 0.6) is 0 Å². The predicted octanol–water partition coefficient (Wildman–Crippen LogP) is 1.57. The molecule has 0 atom stereocenters. The van der Waals surface area contributed by atoms with Crippen molar-refractivity contribution in [2.75, 3.05) is 7.05 Å². The first-order valence-electron chi connectivity index (χ1n) is 4.68. The van der Waals surface area contributed by atoms with Gasteiger partial charge in [0.15, 0.2) is 0 Å². The first-order valence-corrected chi connectivity index (χ1v) is 4.68. The number of carboxylic acids is 1. The van der Waals surface area contributed by atoms with Crippen LogP contribution in [0.15, 0.2) is 16.7 Å². The molecular weight excluding hydrogens is 182 g/mol. The fraction of sp³-hybridized carbons (Fsp3) is 0.500. The highest BCUT2D eigenvalue weighted by molar-refractivity contribution is 5.86. The summed E-state index contributed by atoms with van der Waals surface area (Å²) in [6.45, 7) is 0.656. The van der Waals surface area contributed by atoms with Crippen molar-refractivity contribution in [3.63, 3.8) is 0 Å². The third-order valence-electron chi connectivity index (χ3n) is 2.53. The third kappa shape index (κ3) is 1.80. The molecule has 0 radical (unpaired) electrons. The van der Waals surface area contributed by atoms with Gasteiger partial charge in [0.2, 0.25) is 5.76 Å². The summed E-state index contributed by atoms with van der Waals surface area (Å²) in [4.78, 5) is 12.9. The molecule has 1 fully saturated rings. The van der Waals surface area contributed by atoms with E-state index in [1.54, 1.807) is 6.07 Å². The van der Waals surface area contributed by atoms with Gasteiger partial charge in [0.05, 0.1) is 6.26 Å². The molecule has 1 aromatic heterocycles. The first-order chi connectivity index (χ1) is 6.68. The van der Waals surface area contributed by atoms with Gasteiger partial charge in [0.25, 0.3) is 0 Å². The number of nitrogens with zero attached hydrogens (tertiary/aromatic N) is 1. The van der Waals surface area contributed by atoms with Crippen LogP contribution in [-0.4, -0.2) is 29.1 Å². The summed E-state index contributed by atoms with van der Waals surface area (Å²) in [6, 6.07) is 2.36. The molecule has 1 aromatic rings. The van der Waals surface area contributed by atoms with Crippen molar-refractivity contribution in [3.05, 3.63) is 23.7 Å². The Balaban J connectivity index is 2.07. The van der Waals surface area contributed by atoms with Crippen LogP contribution in [0.1, 0.15) is 29.0 Å². The third-order valence-corrected chi connectivity index (χ3v) is 2.53. The molecular formula is C10H13NO3. The normalized spacial score (nSPS) is 16.1. The molecule has 0 bridgehead atoms. The Hall–Kier alpha value is -1.29. The molecule has 0 amide bonds. The highest BCUT2D eigenvalue weighted by atomic mass is 16.4. The van der Waals surface area contributed by atoms with Gasteiger partial charge < -0.3 is 9.52 Å². The number of hydrogen-bond acceptors (Lipinski definition) is 3.